The molecule has 1 amide bonds. The lowest BCUT2D eigenvalue weighted by molar-refractivity contribution is 0.138. The largest absolute Gasteiger partial charge is 0.489 e. The van der Waals surface area contributed by atoms with Crippen molar-refractivity contribution in [2.24, 2.45) is 0 Å². The minimum absolute atomic E-state index is 0.135. The highest BCUT2D eigenvalue weighted by Crippen LogP contribution is 2.25. The number of nitrogens with one attached hydrogen (secondary N) is 1. The number of carbonyl (C=O) groups is 1. The summed E-state index contributed by atoms with van der Waals surface area (Å²) in [6.07, 6.45) is 3.52. The quantitative estimate of drug-likeness (QED) is 0.381. The van der Waals surface area contributed by atoms with E-state index in [0.29, 0.717) is 13.0 Å². The van der Waals surface area contributed by atoms with Crippen LogP contribution < -0.4 is 10.1 Å². The molecule has 34 heavy (non-hydrogen) atoms. The van der Waals surface area contributed by atoms with Gasteiger partial charge >= 0.3 is 6.09 Å². The molecule has 1 aliphatic heterocycles. The summed E-state index contributed by atoms with van der Waals surface area (Å²) in [7, 11) is 0. The molecule has 1 atom stereocenters. The summed E-state index contributed by atoms with van der Waals surface area (Å²) < 4.78 is 10.9. The maximum atomic E-state index is 11.3. The fourth-order valence-corrected chi connectivity index (χ4v) is 4.48. The Hall–Kier alpha value is -3.02. The van der Waals surface area contributed by atoms with E-state index in [1.54, 1.807) is 0 Å². The number of ether oxygens (including phenoxy) is 2. The minimum atomic E-state index is -0.678. The Balaban J connectivity index is 1.27. The monoisotopic (exact) mass is 479 g/mol. The van der Waals surface area contributed by atoms with Gasteiger partial charge in [-0.3, -0.25) is 0 Å². The standard InChI is InChI=1S/C28H30ClNO4/c29-26-17-22(13-14-24(26)9-5-15-28(19-31)20-34-27(32)30-28)12-11-21-8-4-10-25(16-21)33-18-23-6-2-1-3-7-23/h1-4,6-8,10,13-14,16-17,31H,5,9,11-12,15,18-20H2,(H,30,32). The third-order valence-corrected chi connectivity index (χ3v) is 6.57. The molecule has 178 valence electrons. The Labute approximate surface area is 205 Å². The van der Waals surface area contributed by atoms with E-state index >= 15 is 0 Å². The molecule has 6 heteroatoms. The molecule has 1 heterocycles. The number of halogens is 1. The van der Waals surface area contributed by atoms with Gasteiger partial charge in [0.1, 0.15) is 24.5 Å². The van der Waals surface area contributed by atoms with Gasteiger partial charge in [-0.2, -0.15) is 0 Å². The first kappa shape index (κ1) is 24.1. The number of cyclic esters (lactones) is 1. The Bertz CT molecular complexity index is 1100. The molecule has 1 aliphatic rings. The Morgan fingerprint density at radius 1 is 0.941 bits per heavy atom. The van der Waals surface area contributed by atoms with Crippen LogP contribution in [0.5, 0.6) is 5.75 Å². The normalized spacial score (nSPS) is 17.3. The lowest BCUT2D eigenvalue weighted by atomic mass is 9.93. The van der Waals surface area contributed by atoms with Gasteiger partial charge in [0.25, 0.3) is 0 Å². The van der Waals surface area contributed by atoms with Gasteiger partial charge in [-0.25, -0.2) is 4.79 Å². The van der Waals surface area contributed by atoms with Gasteiger partial charge in [-0.1, -0.05) is 66.2 Å². The predicted molar refractivity (Wildman–Crippen MR) is 133 cm³/mol. The second-order valence-electron chi connectivity index (χ2n) is 8.84. The van der Waals surface area contributed by atoms with Gasteiger partial charge < -0.3 is 19.9 Å². The van der Waals surface area contributed by atoms with E-state index in [2.05, 4.69) is 41.7 Å². The zero-order valence-electron chi connectivity index (χ0n) is 19.1. The predicted octanol–water partition coefficient (Wildman–Crippen LogP) is 5.50. The molecule has 0 bridgehead atoms. The highest BCUT2D eigenvalue weighted by atomic mass is 35.5. The molecule has 5 nitrogen and oxygen atoms in total. The fourth-order valence-electron chi connectivity index (χ4n) is 4.18. The van der Waals surface area contributed by atoms with Crippen LogP contribution in [0.15, 0.2) is 72.8 Å². The zero-order valence-corrected chi connectivity index (χ0v) is 19.9. The molecule has 0 saturated carbocycles. The van der Waals surface area contributed by atoms with Gasteiger partial charge in [-0.05, 0) is 72.6 Å². The van der Waals surface area contributed by atoms with Gasteiger partial charge in [0.2, 0.25) is 0 Å². The number of hydrogen-bond donors (Lipinski definition) is 2. The van der Waals surface area contributed by atoms with E-state index in [1.807, 2.05) is 36.4 Å². The molecule has 0 radical (unpaired) electrons. The maximum absolute atomic E-state index is 11.3. The van der Waals surface area contributed by atoms with Crippen LogP contribution in [-0.2, 0) is 30.6 Å². The van der Waals surface area contributed by atoms with E-state index in [4.69, 9.17) is 21.1 Å². The first-order valence-electron chi connectivity index (χ1n) is 11.6. The molecule has 0 aliphatic carbocycles. The second-order valence-corrected chi connectivity index (χ2v) is 9.25. The van der Waals surface area contributed by atoms with Crippen molar-refractivity contribution in [2.45, 2.75) is 44.2 Å². The van der Waals surface area contributed by atoms with Crippen molar-refractivity contribution in [3.8, 4) is 5.75 Å². The number of carbonyl (C=O) groups excluding carboxylic acids is 1. The van der Waals surface area contributed by atoms with Gasteiger partial charge in [0.15, 0.2) is 0 Å². The maximum Gasteiger partial charge on any atom is 0.407 e. The zero-order chi connectivity index (χ0) is 23.8. The van der Waals surface area contributed by atoms with Crippen LogP contribution in [0, 0.1) is 0 Å². The molecule has 1 saturated heterocycles. The molecule has 0 spiro atoms. The number of alkyl carbamates (subject to hydrolysis) is 1. The van der Waals surface area contributed by atoms with Crippen molar-refractivity contribution in [3.63, 3.8) is 0 Å². The summed E-state index contributed by atoms with van der Waals surface area (Å²) in [4.78, 5) is 11.3. The minimum Gasteiger partial charge on any atom is -0.489 e. The Kier molecular flexibility index (Phi) is 8.09. The average Bonchev–Trinajstić information content (AvgIpc) is 3.24. The van der Waals surface area contributed by atoms with E-state index in [9.17, 15) is 9.90 Å². The number of aliphatic hydroxyl groups is 1. The summed E-state index contributed by atoms with van der Waals surface area (Å²) in [5.41, 5.74) is 3.95. The molecule has 2 N–H and O–H groups in total. The molecule has 1 unspecified atom stereocenters. The Morgan fingerprint density at radius 2 is 1.71 bits per heavy atom. The summed E-state index contributed by atoms with van der Waals surface area (Å²) in [5, 5.41) is 13.1. The third kappa shape index (κ3) is 6.52. The molecule has 0 aromatic heterocycles. The van der Waals surface area contributed by atoms with Gasteiger partial charge in [0, 0.05) is 5.02 Å². The van der Waals surface area contributed by atoms with Crippen LogP contribution in [0.3, 0.4) is 0 Å². The number of rotatable bonds is 11. The van der Waals surface area contributed by atoms with E-state index in [-0.39, 0.29) is 13.2 Å². The number of benzene rings is 3. The van der Waals surface area contributed by atoms with Crippen LogP contribution in [0.4, 0.5) is 4.79 Å². The molecule has 3 aromatic rings. The number of aryl methyl sites for hydroxylation is 3. The first-order valence-corrected chi connectivity index (χ1v) is 12.0. The SMILES string of the molecule is O=C1NC(CO)(CCCc2ccc(CCc3cccc(OCc4ccccc4)c3)cc2Cl)CO1. The first-order chi connectivity index (χ1) is 16.5. The highest BCUT2D eigenvalue weighted by Gasteiger charge is 2.38. The van der Waals surface area contributed by atoms with Crippen molar-refractivity contribution < 1.29 is 19.4 Å². The number of amides is 1. The highest BCUT2D eigenvalue weighted by molar-refractivity contribution is 6.31. The van der Waals surface area contributed by atoms with Crippen molar-refractivity contribution >= 4 is 17.7 Å². The summed E-state index contributed by atoms with van der Waals surface area (Å²) in [6, 6.07) is 24.6. The van der Waals surface area contributed by atoms with Crippen molar-refractivity contribution in [1.82, 2.24) is 5.32 Å². The molecular weight excluding hydrogens is 450 g/mol. The molecule has 1 fully saturated rings. The van der Waals surface area contributed by atoms with Gasteiger partial charge in [-0.15, -0.1) is 0 Å². The van der Waals surface area contributed by atoms with E-state index in [1.165, 1.54) is 11.1 Å². The Morgan fingerprint density at radius 3 is 2.41 bits per heavy atom. The summed E-state index contributed by atoms with van der Waals surface area (Å²) >= 11 is 6.56. The summed E-state index contributed by atoms with van der Waals surface area (Å²) in [5.74, 6) is 0.874. The lowest BCUT2D eigenvalue weighted by Gasteiger charge is -2.23. The van der Waals surface area contributed by atoms with E-state index in [0.717, 1.165) is 47.6 Å². The van der Waals surface area contributed by atoms with E-state index < -0.39 is 11.6 Å². The van der Waals surface area contributed by atoms with Crippen LogP contribution in [0.1, 0.15) is 35.1 Å². The van der Waals surface area contributed by atoms with Crippen LogP contribution >= 0.6 is 11.6 Å². The van der Waals surface area contributed by atoms with Crippen molar-refractivity contribution in [2.75, 3.05) is 13.2 Å². The topological polar surface area (TPSA) is 67.8 Å². The molecule has 3 aromatic carbocycles. The average molecular weight is 480 g/mol. The van der Waals surface area contributed by atoms with Crippen molar-refractivity contribution in [1.29, 1.82) is 0 Å². The lowest BCUT2D eigenvalue weighted by Crippen LogP contribution is -2.46. The fraction of sp³-hybridized carbons (Fsp3) is 0.321. The smallest absolute Gasteiger partial charge is 0.407 e. The third-order valence-electron chi connectivity index (χ3n) is 6.22. The summed E-state index contributed by atoms with van der Waals surface area (Å²) in [6.45, 7) is 0.623. The molecule has 4 rings (SSSR count). The van der Waals surface area contributed by atoms with Crippen LogP contribution in [-0.4, -0.2) is 30.0 Å². The van der Waals surface area contributed by atoms with Crippen LogP contribution in [0.25, 0.3) is 0 Å². The second kappa shape index (κ2) is 11.4. The number of aliphatic hydroxyl groups excluding tert-OH is 1. The van der Waals surface area contributed by atoms with Gasteiger partial charge in [0.05, 0.1) is 6.61 Å². The number of hydrogen-bond acceptors (Lipinski definition) is 4. The van der Waals surface area contributed by atoms with Crippen molar-refractivity contribution in [3.05, 3.63) is 100 Å². The molecular formula is C28H30ClNO4. The van der Waals surface area contributed by atoms with Crippen LogP contribution in [0.2, 0.25) is 5.02 Å².